The van der Waals surface area contributed by atoms with Gasteiger partial charge >= 0.3 is 0 Å². The van der Waals surface area contributed by atoms with Crippen LogP contribution in [0.2, 0.25) is 0 Å². The lowest BCUT2D eigenvalue weighted by Gasteiger charge is -2.34. The fourth-order valence-electron chi connectivity index (χ4n) is 4.03. The zero-order valence-corrected chi connectivity index (χ0v) is 19.3. The molecule has 0 radical (unpaired) electrons. The number of nitrogens with zero attached hydrogens (tertiary/aromatic N) is 2. The van der Waals surface area contributed by atoms with E-state index < -0.39 is 0 Å². The average Bonchev–Trinajstić information content (AvgIpc) is 2.75. The number of para-hydroxylation sites is 1. The average molecular weight is 422 g/mol. The number of hydrogen-bond donors (Lipinski definition) is 1. The van der Waals surface area contributed by atoms with E-state index >= 15 is 0 Å². The Bertz CT molecular complexity index is 877. The largest absolute Gasteiger partial charge is 0.340 e. The van der Waals surface area contributed by atoms with Crippen molar-refractivity contribution >= 4 is 17.5 Å². The zero-order valence-electron chi connectivity index (χ0n) is 19.3. The fourth-order valence-corrected chi connectivity index (χ4v) is 4.03. The number of nitrogens with one attached hydrogen (secondary N) is 1. The number of rotatable bonds is 7. The maximum absolute atomic E-state index is 12.6. The van der Waals surface area contributed by atoms with Crippen molar-refractivity contribution in [2.45, 2.75) is 46.5 Å². The fraction of sp³-hybridized carbons (Fsp3) is 0.462. The maximum atomic E-state index is 12.6. The van der Waals surface area contributed by atoms with E-state index in [1.807, 2.05) is 36.9 Å². The smallest absolute Gasteiger partial charge is 0.238 e. The number of hydrogen-bond acceptors (Lipinski definition) is 3. The SMILES string of the molecule is Cc1cccc(C)c1NC(=O)CN1CCN(C(=O)CCc2ccc(C(C)C)cc2)CC1. The summed E-state index contributed by atoms with van der Waals surface area (Å²) >= 11 is 0. The molecule has 5 nitrogen and oxygen atoms in total. The molecule has 0 saturated carbocycles. The van der Waals surface area contributed by atoms with Crippen LogP contribution in [-0.2, 0) is 16.0 Å². The summed E-state index contributed by atoms with van der Waals surface area (Å²) in [6, 6.07) is 14.6. The molecule has 0 bridgehead atoms. The van der Waals surface area contributed by atoms with Crippen LogP contribution in [-0.4, -0.2) is 54.3 Å². The Hall–Kier alpha value is -2.66. The molecule has 5 heteroatoms. The van der Waals surface area contributed by atoms with Gasteiger partial charge in [-0.1, -0.05) is 56.3 Å². The molecule has 2 aromatic rings. The van der Waals surface area contributed by atoms with Crippen LogP contribution < -0.4 is 5.32 Å². The summed E-state index contributed by atoms with van der Waals surface area (Å²) in [5, 5.41) is 3.05. The molecule has 0 spiro atoms. The first-order chi connectivity index (χ1) is 14.8. The van der Waals surface area contributed by atoms with Gasteiger partial charge in [-0.15, -0.1) is 0 Å². The van der Waals surface area contributed by atoms with Gasteiger partial charge in [-0.05, 0) is 48.4 Å². The predicted octanol–water partition coefficient (Wildman–Crippen LogP) is 4.14. The Morgan fingerprint density at radius 3 is 2.13 bits per heavy atom. The summed E-state index contributed by atoms with van der Waals surface area (Å²) in [4.78, 5) is 29.2. The number of anilines is 1. The van der Waals surface area contributed by atoms with Crippen molar-refractivity contribution in [2.75, 3.05) is 38.0 Å². The molecule has 166 valence electrons. The van der Waals surface area contributed by atoms with E-state index in [1.165, 1.54) is 11.1 Å². The highest BCUT2D eigenvalue weighted by Crippen LogP contribution is 2.19. The van der Waals surface area contributed by atoms with Crippen LogP contribution in [0.5, 0.6) is 0 Å². The first kappa shape index (κ1) is 23.0. The molecule has 1 aliphatic heterocycles. The Kier molecular flexibility index (Phi) is 7.85. The van der Waals surface area contributed by atoms with Crippen molar-refractivity contribution in [1.29, 1.82) is 0 Å². The summed E-state index contributed by atoms with van der Waals surface area (Å²) in [6.45, 7) is 11.6. The molecule has 2 aromatic carbocycles. The van der Waals surface area contributed by atoms with Crippen LogP contribution in [0, 0.1) is 13.8 Å². The van der Waals surface area contributed by atoms with Gasteiger partial charge in [-0.3, -0.25) is 14.5 Å². The van der Waals surface area contributed by atoms with E-state index in [2.05, 4.69) is 48.3 Å². The first-order valence-electron chi connectivity index (χ1n) is 11.3. The van der Waals surface area contributed by atoms with E-state index in [1.54, 1.807) is 0 Å². The third-order valence-corrected chi connectivity index (χ3v) is 6.11. The Morgan fingerprint density at radius 1 is 0.935 bits per heavy atom. The normalized spacial score (nSPS) is 14.7. The molecule has 1 aliphatic rings. The molecular formula is C26H35N3O2. The van der Waals surface area contributed by atoms with E-state index in [9.17, 15) is 9.59 Å². The van der Waals surface area contributed by atoms with Gasteiger partial charge in [0.05, 0.1) is 6.54 Å². The van der Waals surface area contributed by atoms with Crippen LogP contribution in [0.15, 0.2) is 42.5 Å². The van der Waals surface area contributed by atoms with Crippen molar-refractivity contribution in [3.63, 3.8) is 0 Å². The second-order valence-electron chi connectivity index (χ2n) is 8.87. The first-order valence-corrected chi connectivity index (χ1v) is 11.3. The molecular weight excluding hydrogens is 386 g/mol. The second-order valence-corrected chi connectivity index (χ2v) is 8.87. The van der Waals surface area contributed by atoms with Gasteiger partial charge in [0, 0.05) is 38.3 Å². The Labute approximate surface area is 186 Å². The van der Waals surface area contributed by atoms with E-state index in [4.69, 9.17) is 0 Å². The number of carbonyl (C=O) groups is 2. The Balaban J connectivity index is 1.41. The molecule has 2 amide bonds. The molecule has 0 aliphatic carbocycles. The van der Waals surface area contributed by atoms with Crippen molar-refractivity contribution in [3.05, 3.63) is 64.7 Å². The number of piperazine rings is 1. The minimum atomic E-state index is 0.00187. The molecule has 1 N–H and O–H groups in total. The predicted molar refractivity (Wildman–Crippen MR) is 126 cm³/mol. The lowest BCUT2D eigenvalue weighted by atomic mass is 10.00. The maximum Gasteiger partial charge on any atom is 0.238 e. The van der Waals surface area contributed by atoms with E-state index in [0.717, 1.165) is 36.3 Å². The standard InChI is InChI=1S/C26H35N3O2/c1-19(2)23-11-8-22(9-12-23)10-13-25(31)29-16-14-28(15-17-29)18-24(30)27-26-20(3)6-5-7-21(26)4/h5-9,11-12,19H,10,13-18H2,1-4H3,(H,27,30). The van der Waals surface area contributed by atoms with Crippen LogP contribution in [0.1, 0.15) is 48.4 Å². The molecule has 0 aromatic heterocycles. The third kappa shape index (κ3) is 6.41. The molecule has 3 rings (SSSR count). The molecule has 0 atom stereocenters. The summed E-state index contributed by atoms with van der Waals surface area (Å²) in [5.41, 5.74) is 5.58. The quantitative estimate of drug-likeness (QED) is 0.731. The Morgan fingerprint density at radius 2 is 1.55 bits per heavy atom. The second kappa shape index (κ2) is 10.6. The topological polar surface area (TPSA) is 52.7 Å². The minimum absolute atomic E-state index is 0.00187. The highest BCUT2D eigenvalue weighted by atomic mass is 16.2. The minimum Gasteiger partial charge on any atom is -0.340 e. The molecule has 31 heavy (non-hydrogen) atoms. The van der Waals surface area contributed by atoms with E-state index in [0.29, 0.717) is 32.0 Å². The number of aryl methyl sites for hydroxylation is 3. The third-order valence-electron chi connectivity index (χ3n) is 6.11. The van der Waals surface area contributed by atoms with Gasteiger partial charge in [0.25, 0.3) is 0 Å². The summed E-state index contributed by atoms with van der Waals surface area (Å²) in [7, 11) is 0. The number of benzene rings is 2. The van der Waals surface area contributed by atoms with Crippen molar-refractivity contribution in [1.82, 2.24) is 9.80 Å². The molecule has 1 saturated heterocycles. The molecule has 0 unspecified atom stereocenters. The summed E-state index contributed by atoms with van der Waals surface area (Å²) in [5.74, 6) is 0.726. The summed E-state index contributed by atoms with van der Waals surface area (Å²) < 4.78 is 0. The van der Waals surface area contributed by atoms with Crippen molar-refractivity contribution < 1.29 is 9.59 Å². The van der Waals surface area contributed by atoms with Gasteiger partial charge in [-0.25, -0.2) is 0 Å². The summed E-state index contributed by atoms with van der Waals surface area (Å²) in [6.07, 6.45) is 1.31. The highest BCUT2D eigenvalue weighted by molar-refractivity contribution is 5.93. The van der Waals surface area contributed by atoms with Crippen LogP contribution in [0.4, 0.5) is 5.69 Å². The molecule has 1 fully saturated rings. The van der Waals surface area contributed by atoms with Crippen molar-refractivity contribution in [3.8, 4) is 0 Å². The van der Waals surface area contributed by atoms with Crippen molar-refractivity contribution in [2.24, 2.45) is 0 Å². The lowest BCUT2D eigenvalue weighted by molar-refractivity contribution is -0.133. The zero-order chi connectivity index (χ0) is 22.4. The van der Waals surface area contributed by atoms with E-state index in [-0.39, 0.29) is 11.8 Å². The van der Waals surface area contributed by atoms with Gasteiger partial charge < -0.3 is 10.2 Å². The van der Waals surface area contributed by atoms with Gasteiger partial charge in [-0.2, -0.15) is 0 Å². The number of carbonyl (C=O) groups excluding carboxylic acids is 2. The van der Waals surface area contributed by atoms with Crippen LogP contribution in [0.3, 0.4) is 0 Å². The van der Waals surface area contributed by atoms with Gasteiger partial charge in [0.2, 0.25) is 11.8 Å². The van der Waals surface area contributed by atoms with Gasteiger partial charge in [0.1, 0.15) is 0 Å². The number of amides is 2. The molecule has 1 heterocycles. The van der Waals surface area contributed by atoms with Gasteiger partial charge in [0.15, 0.2) is 0 Å². The monoisotopic (exact) mass is 421 g/mol. The van der Waals surface area contributed by atoms with Crippen LogP contribution >= 0.6 is 0 Å². The van der Waals surface area contributed by atoms with Crippen LogP contribution in [0.25, 0.3) is 0 Å². The highest BCUT2D eigenvalue weighted by Gasteiger charge is 2.22. The lowest BCUT2D eigenvalue weighted by Crippen LogP contribution is -2.50.